The molecule has 0 unspecified atom stereocenters. The number of imidazole rings is 2. The summed E-state index contributed by atoms with van der Waals surface area (Å²) >= 11 is 0. The van der Waals surface area contributed by atoms with E-state index >= 15 is 0 Å². The number of benzene rings is 1. The fourth-order valence-electron chi connectivity index (χ4n) is 1.74. The third-order valence-electron chi connectivity index (χ3n) is 2.66. The zero-order chi connectivity index (χ0) is 14.0. The lowest BCUT2D eigenvalue weighted by molar-refractivity contribution is 0.598. The van der Waals surface area contributed by atoms with E-state index in [9.17, 15) is 8.42 Å². The molecule has 0 saturated carbocycles. The number of nitrogens with zero attached hydrogens (tertiary/aromatic N) is 3. The lowest BCUT2D eigenvalue weighted by Crippen LogP contribution is -2.13. The number of hydrogen-bond donors (Lipinski definition) is 2. The van der Waals surface area contributed by atoms with Crippen LogP contribution in [0.25, 0.3) is 5.69 Å². The highest BCUT2D eigenvalue weighted by Gasteiger charge is 2.15. The largest absolute Gasteiger partial charge is 0.334 e. The summed E-state index contributed by atoms with van der Waals surface area (Å²) in [5, 5.41) is 0.0190. The Hall–Kier alpha value is -2.61. The first kappa shape index (κ1) is 12.4. The smallest absolute Gasteiger partial charge is 0.278 e. The number of nitrogens with one attached hydrogen (secondary N) is 2. The summed E-state index contributed by atoms with van der Waals surface area (Å²) in [6.45, 7) is 0. The van der Waals surface area contributed by atoms with Gasteiger partial charge in [0, 0.05) is 18.1 Å². The molecular formula is C12H11N5O2S. The van der Waals surface area contributed by atoms with Crippen LogP contribution in [0.3, 0.4) is 0 Å². The average molecular weight is 289 g/mol. The molecule has 0 aliphatic heterocycles. The highest BCUT2D eigenvalue weighted by atomic mass is 32.2. The Morgan fingerprint density at radius 1 is 1.25 bits per heavy atom. The second kappa shape index (κ2) is 4.82. The van der Waals surface area contributed by atoms with Gasteiger partial charge in [0.15, 0.2) is 5.03 Å². The van der Waals surface area contributed by atoms with Crippen molar-refractivity contribution in [2.24, 2.45) is 0 Å². The first-order valence-corrected chi connectivity index (χ1v) is 7.23. The van der Waals surface area contributed by atoms with Crippen LogP contribution < -0.4 is 4.72 Å². The number of aromatic nitrogens is 4. The predicted octanol–water partition coefficient (Wildman–Crippen LogP) is 1.40. The fourth-order valence-corrected chi connectivity index (χ4v) is 2.70. The summed E-state index contributed by atoms with van der Waals surface area (Å²) in [6, 6.07) is 7.01. The van der Waals surface area contributed by atoms with Crippen LogP contribution in [0.15, 0.2) is 60.5 Å². The third kappa shape index (κ3) is 2.41. The van der Waals surface area contributed by atoms with Gasteiger partial charge < -0.3 is 9.55 Å². The van der Waals surface area contributed by atoms with Crippen LogP contribution in [0, 0.1) is 0 Å². The maximum Gasteiger partial charge on any atom is 0.278 e. The Labute approximate surface area is 115 Å². The lowest BCUT2D eigenvalue weighted by atomic mass is 10.3. The van der Waals surface area contributed by atoms with Gasteiger partial charge in [0.05, 0.1) is 24.5 Å². The monoisotopic (exact) mass is 289 g/mol. The molecule has 0 radical (unpaired) electrons. The van der Waals surface area contributed by atoms with Crippen molar-refractivity contribution in [3.05, 3.63) is 55.5 Å². The number of hydrogen-bond acceptors (Lipinski definition) is 4. The van der Waals surface area contributed by atoms with Gasteiger partial charge in [-0.25, -0.2) is 9.97 Å². The summed E-state index contributed by atoms with van der Waals surface area (Å²) in [7, 11) is -3.65. The van der Waals surface area contributed by atoms with Gasteiger partial charge in [-0.3, -0.25) is 4.72 Å². The molecule has 0 aliphatic rings. The molecule has 0 aliphatic carbocycles. The van der Waals surface area contributed by atoms with Crippen molar-refractivity contribution in [3.8, 4) is 5.69 Å². The highest BCUT2D eigenvalue weighted by molar-refractivity contribution is 7.92. The van der Waals surface area contributed by atoms with Crippen LogP contribution >= 0.6 is 0 Å². The van der Waals surface area contributed by atoms with Crippen LogP contribution in [0.4, 0.5) is 5.69 Å². The number of H-pyrrole nitrogens is 1. The SMILES string of the molecule is O=S(=O)(Nc1cccc(-n2ccnc2)c1)c1cnc[nH]1. The quantitative estimate of drug-likeness (QED) is 0.759. The van der Waals surface area contributed by atoms with E-state index in [-0.39, 0.29) is 5.03 Å². The van der Waals surface area contributed by atoms with E-state index in [4.69, 9.17) is 0 Å². The van der Waals surface area contributed by atoms with Gasteiger partial charge in [-0.05, 0) is 18.2 Å². The van der Waals surface area contributed by atoms with E-state index in [1.165, 1.54) is 12.5 Å². The van der Waals surface area contributed by atoms with Gasteiger partial charge in [-0.2, -0.15) is 8.42 Å². The van der Waals surface area contributed by atoms with Gasteiger partial charge in [0.1, 0.15) is 0 Å². The summed E-state index contributed by atoms with van der Waals surface area (Å²) in [5.41, 5.74) is 1.28. The molecule has 0 spiro atoms. The molecule has 7 nitrogen and oxygen atoms in total. The number of rotatable bonds is 4. The van der Waals surface area contributed by atoms with Crippen LogP contribution in [-0.2, 0) is 10.0 Å². The van der Waals surface area contributed by atoms with Crippen molar-refractivity contribution in [2.45, 2.75) is 5.03 Å². The predicted molar refractivity (Wildman–Crippen MR) is 73.0 cm³/mol. The molecule has 0 atom stereocenters. The van der Waals surface area contributed by atoms with Crippen molar-refractivity contribution in [1.29, 1.82) is 0 Å². The highest BCUT2D eigenvalue weighted by Crippen LogP contribution is 2.17. The molecule has 102 valence electrons. The second-order valence-corrected chi connectivity index (χ2v) is 5.69. The van der Waals surface area contributed by atoms with Crippen LogP contribution in [0.5, 0.6) is 0 Å². The molecule has 0 saturated heterocycles. The molecular weight excluding hydrogens is 278 g/mol. The molecule has 0 bridgehead atoms. The van der Waals surface area contributed by atoms with Crippen molar-refractivity contribution in [1.82, 2.24) is 19.5 Å². The maximum absolute atomic E-state index is 12.1. The second-order valence-electron chi connectivity index (χ2n) is 4.04. The molecule has 1 aromatic carbocycles. The van der Waals surface area contributed by atoms with Crippen LogP contribution in [-0.4, -0.2) is 27.9 Å². The molecule has 20 heavy (non-hydrogen) atoms. The Morgan fingerprint density at radius 2 is 2.15 bits per heavy atom. The van der Waals surface area contributed by atoms with E-state index < -0.39 is 10.0 Å². The molecule has 0 fully saturated rings. The first-order chi connectivity index (χ1) is 9.65. The zero-order valence-corrected chi connectivity index (χ0v) is 11.1. The molecule has 3 rings (SSSR count). The third-order valence-corrected chi connectivity index (χ3v) is 3.97. The fraction of sp³-hybridized carbons (Fsp3) is 0. The van der Waals surface area contributed by atoms with E-state index in [2.05, 4.69) is 19.7 Å². The van der Waals surface area contributed by atoms with Crippen molar-refractivity contribution in [3.63, 3.8) is 0 Å². The first-order valence-electron chi connectivity index (χ1n) is 5.75. The molecule has 2 aromatic heterocycles. The van der Waals surface area contributed by atoms with E-state index in [0.29, 0.717) is 5.69 Å². The topological polar surface area (TPSA) is 92.7 Å². The average Bonchev–Trinajstić information content (AvgIpc) is 3.12. The Balaban J connectivity index is 1.91. The van der Waals surface area contributed by atoms with Gasteiger partial charge in [-0.1, -0.05) is 6.07 Å². The van der Waals surface area contributed by atoms with Gasteiger partial charge >= 0.3 is 0 Å². The summed E-state index contributed by atoms with van der Waals surface area (Å²) in [6.07, 6.45) is 7.64. The van der Waals surface area contributed by atoms with Crippen molar-refractivity contribution < 1.29 is 8.42 Å². The van der Waals surface area contributed by atoms with E-state index in [1.807, 2.05) is 6.07 Å². The summed E-state index contributed by atoms with van der Waals surface area (Å²) in [5.74, 6) is 0. The Bertz CT molecular complexity index is 794. The Morgan fingerprint density at radius 3 is 2.85 bits per heavy atom. The van der Waals surface area contributed by atoms with Gasteiger partial charge in [0.25, 0.3) is 10.0 Å². The minimum atomic E-state index is -3.65. The van der Waals surface area contributed by atoms with Crippen LogP contribution in [0.2, 0.25) is 0 Å². The van der Waals surface area contributed by atoms with E-state index in [0.717, 1.165) is 5.69 Å². The minimum absolute atomic E-state index is 0.0190. The lowest BCUT2D eigenvalue weighted by Gasteiger charge is -2.08. The zero-order valence-electron chi connectivity index (χ0n) is 10.3. The summed E-state index contributed by atoms with van der Waals surface area (Å²) in [4.78, 5) is 10.2. The van der Waals surface area contributed by atoms with Crippen LogP contribution in [0.1, 0.15) is 0 Å². The van der Waals surface area contributed by atoms with E-state index in [1.54, 1.807) is 41.5 Å². The summed E-state index contributed by atoms with van der Waals surface area (Å²) < 4.78 is 28.4. The standard InChI is InChI=1S/C12H11N5O2S/c18-20(19,12-7-14-8-15-12)16-10-2-1-3-11(6-10)17-5-4-13-9-17/h1-9,16H,(H,14,15). The van der Waals surface area contributed by atoms with Crippen molar-refractivity contribution >= 4 is 15.7 Å². The van der Waals surface area contributed by atoms with Gasteiger partial charge in [0.2, 0.25) is 0 Å². The Kier molecular flexibility index (Phi) is 2.99. The number of anilines is 1. The normalized spacial score (nSPS) is 11.4. The minimum Gasteiger partial charge on any atom is -0.334 e. The molecule has 2 N–H and O–H groups in total. The number of sulfonamides is 1. The molecule has 0 amide bonds. The molecule has 3 aromatic rings. The van der Waals surface area contributed by atoms with Gasteiger partial charge in [-0.15, -0.1) is 0 Å². The molecule has 2 heterocycles. The number of aromatic amines is 1. The molecule has 8 heteroatoms. The maximum atomic E-state index is 12.1. The van der Waals surface area contributed by atoms with Crippen molar-refractivity contribution in [2.75, 3.05) is 4.72 Å².